The largest absolute Gasteiger partial charge is 0.377 e. The first-order valence-corrected chi connectivity index (χ1v) is 12.2. The molecule has 1 heterocycles. The van der Waals surface area contributed by atoms with Gasteiger partial charge in [-0.25, -0.2) is 0 Å². The smallest absolute Gasteiger partial charge is 0.265 e. The lowest BCUT2D eigenvalue weighted by atomic mass is 10.0. The van der Waals surface area contributed by atoms with Gasteiger partial charge >= 0.3 is 0 Å². The van der Waals surface area contributed by atoms with Crippen molar-refractivity contribution in [2.24, 2.45) is 5.92 Å². The van der Waals surface area contributed by atoms with Crippen LogP contribution in [-0.2, 0) is 6.54 Å². The van der Waals surface area contributed by atoms with Gasteiger partial charge in [-0.1, -0.05) is 43.6 Å². The maximum Gasteiger partial charge on any atom is 0.265 e. The Balaban J connectivity index is 1.97. The van der Waals surface area contributed by atoms with Crippen LogP contribution in [0.3, 0.4) is 0 Å². The Kier molecular flexibility index (Phi) is 8.16. The Hall–Kier alpha value is -2.83. The van der Waals surface area contributed by atoms with E-state index in [-0.39, 0.29) is 23.8 Å². The second kappa shape index (κ2) is 10.9. The normalized spacial score (nSPS) is 11.8. The lowest BCUT2D eigenvalue weighted by molar-refractivity contribution is 0.0628. The molecule has 0 aliphatic carbocycles. The fraction of sp³-hybridized carbons (Fsp3) is 0.308. The number of amides is 2. The summed E-state index contributed by atoms with van der Waals surface area (Å²) in [6, 6.07) is 16.6. The molecule has 174 valence electrons. The number of hydrogen-bond acceptors (Lipinski definition) is 4. The highest BCUT2D eigenvalue weighted by Gasteiger charge is 2.26. The van der Waals surface area contributed by atoms with Crippen LogP contribution in [-0.4, -0.2) is 36.9 Å². The summed E-state index contributed by atoms with van der Waals surface area (Å²) in [7, 11) is 3.93. The van der Waals surface area contributed by atoms with E-state index in [9.17, 15) is 9.59 Å². The van der Waals surface area contributed by atoms with Crippen LogP contribution in [0.1, 0.15) is 46.4 Å². The highest BCUT2D eigenvalue weighted by Crippen LogP contribution is 2.28. The van der Waals surface area contributed by atoms with Crippen molar-refractivity contribution < 1.29 is 9.59 Å². The van der Waals surface area contributed by atoms with Gasteiger partial charge in [-0.15, -0.1) is 11.3 Å². The predicted molar refractivity (Wildman–Crippen MR) is 139 cm³/mol. The average Bonchev–Trinajstić information content (AvgIpc) is 3.32. The Bertz CT molecular complexity index is 1110. The van der Waals surface area contributed by atoms with Gasteiger partial charge in [-0.3, -0.25) is 9.59 Å². The predicted octanol–water partition coefficient (Wildman–Crippen LogP) is 6.41. The number of nitrogens with one attached hydrogen (secondary N) is 1. The van der Waals surface area contributed by atoms with E-state index in [1.807, 2.05) is 65.7 Å². The molecule has 3 rings (SSSR count). The van der Waals surface area contributed by atoms with Crippen LogP contribution in [0.25, 0.3) is 0 Å². The van der Waals surface area contributed by atoms with E-state index in [0.29, 0.717) is 27.7 Å². The number of carbonyl (C=O) groups excluding carboxylic acids is 2. The van der Waals surface area contributed by atoms with Gasteiger partial charge in [0.15, 0.2) is 0 Å². The lowest BCUT2D eigenvalue weighted by Crippen LogP contribution is -2.41. The van der Waals surface area contributed by atoms with Gasteiger partial charge in [0.1, 0.15) is 0 Å². The van der Waals surface area contributed by atoms with Crippen molar-refractivity contribution in [1.82, 2.24) is 4.90 Å². The molecule has 0 saturated carbocycles. The Morgan fingerprint density at radius 1 is 1.03 bits per heavy atom. The molecule has 1 N–H and O–H groups in total. The SMILES string of the molecule is CC(C)[C@@H](C)N(Cc1cc(NC(=O)c2cccs2)ccc1N(C)C)C(=O)c1ccccc1Cl. The highest BCUT2D eigenvalue weighted by atomic mass is 35.5. The van der Waals surface area contributed by atoms with E-state index < -0.39 is 0 Å². The van der Waals surface area contributed by atoms with Crippen molar-refractivity contribution in [3.63, 3.8) is 0 Å². The molecule has 0 bridgehead atoms. The third-order valence-corrected chi connectivity index (χ3v) is 6.92. The fourth-order valence-corrected chi connectivity index (χ4v) is 4.40. The van der Waals surface area contributed by atoms with Crippen molar-refractivity contribution >= 4 is 46.1 Å². The standard InChI is InChI=1S/C26H30ClN3O2S/c1-17(2)18(3)30(26(32)21-9-6-7-10-22(21)27)16-19-15-20(12-13-23(19)29(4)5)28-25(31)24-11-8-14-33-24/h6-15,17-18H,16H2,1-5H3,(H,28,31)/t18-/m1/s1. The lowest BCUT2D eigenvalue weighted by Gasteiger charge is -2.33. The molecule has 3 aromatic rings. The summed E-state index contributed by atoms with van der Waals surface area (Å²) in [6.45, 7) is 6.64. The molecule has 0 aliphatic rings. The number of thiophene rings is 1. The number of anilines is 2. The second-order valence-electron chi connectivity index (χ2n) is 8.57. The molecule has 1 atom stereocenters. The molecular weight excluding hydrogens is 454 g/mol. The Labute approximate surface area is 205 Å². The van der Waals surface area contributed by atoms with Crippen LogP contribution in [0.2, 0.25) is 5.02 Å². The first-order valence-electron chi connectivity index (χ1n) is 10.9. The van der Waals surface area contributed by atoms with E-state index in [1.54, 1.807) is 18.2 Å². The van der Waals surface area contributed by atoms with Gasteiger partial charge in [-0.2, -0.15) is 0 Å². The van der Waals surface area contributed by atoms with Crippen LogP contribution in [0.4, 0.5) is 11.4 Å². The maximum atomic E-state index is 13.6. The van der Waals surface area contributed by atoms with E-state index in [4.69, 9.17) is 11.6 Å². The van der Waals surface area contributed by atoms with Gasteiger partial charge in [0.2, 0.25) is 0 Å². The van der Waals surface area contributed by atoms with Crippen LogP contribution in [0.15, 0.2) is 60.0 Å². The molecule has 2 aromatic carbocycles. The molecule has 0 radical (unpaired) electrons. The average molecular weight is 484 g/mol. The summed E-state index contributed by atoms with van der Waals surface area (Å²) in [4.78, 5) is 30.7. The zero-order valence-electron chi connectivity index (χ0n) is 19.6. The van der Waals surface area contributed by atoms with Crippen molar-refractivity contribution in [2.75, 3.05) is 24.3 Å². The molecule has 1 aromatic heterocycles. The summed E-state index contributed by atoms with van der Waals surface area (Å²) in [5.41, 5.74) is 3.10. The van der Waals surface area contributed by atoms with Crippen molar-refractivity contribution in [1.29, 1.82) is 0 Å². The zero-order chi connectivity index (χ0) is 24.1. The maximum absolute atomic E-state index is 13.6. The minimum atomic E-state index is -0.145. The van der Waals surface area contributed by atoms with Crippen LogP contribution in [0, 0.1) is 5.92 Å². The number of rotatable bonds is 8. The van der Waals surface area contributed by atoms with Gasteiger partial charge < -0.3 is 15.1 Å². The van der Waals surface area contributed by atoms with Crippen molar-refractivity contribution in [2.45, 2.75) is 33.4 Å². The third-order valence-electron chi connectivity index (χ3n) is 5.73. The fourth-order valence-electron chi connectivity index (χ4n) is 3.56. The van der Waals surface area contributed by atoms with E-state index in [2.05, 4.69) is 26.1 Å². The van der Waals surface area contributed by atoms with Crippen LogP contribution in [0.5, 0.6) is 0 Å². The van der Waals surface area contributed by atoms with Crippen LogP contribution < -0.4 is 10.2 Å². The van der Waals surface area contributed by atoms with E-state index in [1.165, 1.54) is 11.3 Å². The molecule has 7 heteroatoms. The topological polar surface area (TPSA) is 52.7 Å². The first kappa shape index (κ1) is 24.8. The quantitative estimate of drug-likeness (QED) is 0.403. The Morgan fingerprint density at radius 3 is 2.36 bits per heavy atom. The first-order chi connectivity index (χ1) is 15.7. The molecule has 0 aliphatic heterocycles. The van der Waals surface area contributed by atoms with Gasteiger partial charge in [0, 0.05) is 38.1 Å². The van der Waals surface area contributed by atoms with Crippen LogP contribution >= 0.6 is 22.9 Å². The number of hydrogen-bond donors (Lipinski definition) is 1. The molecule has 0 saturated heterocycles. The minimum absolute atomic E-state index is 0.0202. The summed E-state index contributed by atoms with van der Waals surface area (Å²) in [5.74, 6) is -0.00594. The number of carbonyl (C=O) groups is 2. The number of benzene rings is 2. The minimum Gasteiger partial charge on any atom is -0.377 e. The number of nitrogens with zero attached hydrogens (tertiary/aromatic N) is 2. The second-order valence-corrected chi connectivity index (χ2v) is 9.92. The molecule has 0 spiro atoms. The summed E-state index contributed by atoms with van der Waals surface area (Å²) in [6.07, 6.45) is 0. The molecule has 0 unspecified atom stereocenters. The molecule has 0 fully saturated rings. The molecule has 5 nitrogen and oxygen atoms in total. The van der Waals surface area contributed by atoms with Crippen molar-refractivity contribution in [3.05, 3.63) is 81.0 Å². The highest BCUT2D eigenvalue weighted by molar-refractivity contribution is 7.12. The van der Waals surface area contributed by atoms with Crippen molar-refractivity contribution in [3.8, 4) is 0 Å². The van der Waals surface area contributed by atoms with E-state index in [0.717, 1.165) is 11.3 Å². The summed E-state index contributed by atoms with van der Waals surface area (Å²) >= 11 is 7.76. The number of halogens is 1. The molecule has 2 amide bonds. The Morgan fingerprint density at radius 2 is 1.76 bits per heavy atom. The monoisotopic (exact) mass is 483 g/mol. The zero-order valence-corrected chi connectivity index (χ0v) is 21.2. The van der Waals surface area contributed by atoms with Gasteiger partial charge in [0.25, 0.3) is 11.8 Å². The third kappa shape index (κ3) is 5.95. The summed E-state index contributed by atoms with van der Waals surface area (Å²) < 4.78 is 0. The van der Waals surface area contributed by atoms with Gasteiger partial charge in [-0.05, 0) is 60.2 Å². The van der Waals surface area contributed by atoms with E-state index >= 15 is 0 Å². The summed E-state index contributed by atoms with van der Waals surface area (Å²) in [5, 5.41) is 5.29. The van der Waals surface area contributed by atoms with Gasteiger partial charge in [0.05, 0.1) is 15.5 Å². The molecule has 33 heavy (non-hydrogen) atoms. The molecular formula is C26H30ClN3O2S.